The van der Waals surface area contributed by atoms with E-state index in [2.05, 4.69) is 9.97 Å². The van der Waals surface area contributed by atoms with Crippen LogP contribution in [0.5, 0.6) is 0 Å². The molecule has 0 aliphatic carbocycles. The number of anilines is 1. The molecule has 0 unspecified atom stereocenters. The molecule has 1 atom stereocenters. The van der Waals surface area contributed by atoms with Gasteiger partial charge >= 0.3 is 12.1 Å². The number of halogens is 3. The molecule has 0 radical (unpaired) electrons. The molecule has 5 nitrogen and oxygen atoms in total. The lowest BCUT2D eigenvalue weighted by molar-refractivity contribution is -0.144. The molecule has 1 aliphatic rings. The average Bonchev–Trinajstić information content (AvgIpc) is 2.94. The van der Waals surface area contributed by atoms with Crippen LogP contribution in [-0.4, -0.2) is 33.6 Å². The van der Waals surface area contributed by atoms with Crippen LogP contribution in [0.15, 0.2) is 24.3 Å². The van der Waals surface area contributed by atoms with Gasteiger partial charge in [0.05, 0.1) is 5.52 Å². The number of fused-ring (bicyclic) bond motifs is 1. The summed E-state index contributed by atoms with van der Waals surface area (Å²) < 4.78 is 38.9. The number of carbonyl (C=O) groups is 1. The summed E-state index contributed by atoms with van der Waals surface area (Å²) in [6.45, 7) is 0.356. The van der Waals surface area contributed by atoms with E-state index in [1.807, 2.05) is 0 Å². The van der Waals surface area contributed by atoms with E-state index in [0.29, 0.717) is 24.8 Å². The van der Waals surface area contributed by atoms with Gasteiger partial charge in [0.2, 0.25) is 5.82 Å². The highest BCUT2D eigenvalue weighted by atomic mass is 19.4. The molecule has 1 aromatic heterocycles. The minimum atomic E-state index is -4.68. The van der Waals surface area contributed by atoms with Crippen LogP contribution in [0.25, 0.3) is 10.9 Å². The lowest BCUT2D eigenvalue weighted by atomic mass is 10.2. The molecule has 1 N–H and O–H groups in total. The Hall–Kier alpha value is -2.38. The van der Waals surface area contributed by atoms with Crippen LogP contribution in [0.1, 0.15) is 18.7 Å². The van der Waals surface area contributed by atoms with Crippen molar-refractivity contribution in [3.63, 3.8) is 0 Å². The molecule has 116 valence electrons. The number of benzene rings is 1. The highest BCUT2D eigenvalue weighted by molar-refractivity contribution is 5.92. The number of carboxylic acids is 1. The van der Waals surface area contributed by atoms with Crippen molar-refractivity contribution in [2.75, 3.05) is 11.4 Å². The summed E-state index contributed by atoms with van der Waals surface area (Å²) in [5.74, 6) is -2.28. The zero-order chi connectivity index (χ0) is 15.9. The first-order valence-electron chi connectivity index (χ1n) is 6.71. The monoisotopic (exact) mass is 311 g/mol. The fourth-order valence-electron chi connectivity index (χ4n) is 2.68. The summed E-state index contributed by atoms with van der Waals surface area (Å²) >= 11 is 0. The largest absolute Gasteiger partial charge is 0.480 e. The Morgan fingerprint density at radius 2 is 2.00 bits per heavy atom. The second-order valence-electron chi connectivity index (χ2n) is 5.08. The van der Waals surface area contributed by atoms with Crippen molar-refractivity contribution in [2.24, 2.45) is 0 Å². The zero-order valence-corrected chi connectivity index (χ0v) is 11.3. The van der Waals surface area contributed by atoms with Crippen molar-refractivity contribution >= 4 is 22.7 Å². The standard InChI is InChI=1S/C14H12F3N3O2/c15-14(16,17)13-18-9-5-2-1-4-8(9)11(19-13)20-7-3-6-10(20)12(21)22/h1-2,4-5,10H,3,6-7H2,(H,21,22)/t10-/m0/s1. The topological polar surface area (TPSA) is 66.3 Å². The Bertz CT molecular complexity index is 733. The van der Waals surface area contributed by atoms with E-state index in [-0.39, 0.29) is 11.3 Å². The van der Waals surface area contributed by atoms with Crippen molar-refractivity contribution in [2.45, 2.75) is 25.1 Å². The summed E-state index contributed by atoms with van der Waals surface area (Å²) in [6, 6.07) is 5.44. The predicted molar refractivity (Wildman–Crippen MR) is 72.5 cm³/mol. The Balaban J connectivity index is 2.21. The molecule has 2 heterocycles. The Morgan fingerprint density at radius 1 is 1.27 bits per heavy atom. The van der Waals surface area contributed by atoms with Crippen LogP contribution < -0.4 is 4.90 Å². The van der Waals surface area contributed by atoms with Gasteiger partial charge in [-0.3, -0.25) is 0 Å². The Kier molecular flexibility index (Phi) is 3.38. The number of aromatic nitrogens is 2. The van der Waals surface area contributed by atoms with Gasteiger partial charge < -0.3 is 10.0 Å². The van der Waals surface area contributed by atoms with Gasteiger partial charge in [-0.05, 0) is 25.0 Å². The van der Waals surface area contributed by atoms with Gasteiger partial charge in [0, 0.05) is 11.9 Å². The van der Waals surface area contributed by atoms with E-state index in [0.717, 1.165) is 0 Å². The van der Waals surface area contributed by atoms with Crippen LogP contribution in [0.3, 0.4) is 0 Å². The Labute approximate surface area is 123 Å². The fraction of sp³-hybridized carbons (Fsp3) is 0.357. The van der Waals surface area contributed by atoms with E-state index in [4.69, 9.17) is 0 Å². The summed E-state index contributed by atoms with van der Waals surface area (Å²) in [4.78, 5) is 19.9. The van der Waals surface area contributed by atoms with Crippen LogP contribution in [0, 0.1) is 0 Å². The van der Waals surface area contributed by atoms with Crippen molar-refractivity contribution in [3.8, 4) is 0 Å². The number of para-hydroxylation sites is 1. The molecule has 0 bridgehead atoms. The van der Waals surface area contributed by atoms with E-state index < -0.39 is 24.0 Å². The van der Waals surface area contributed by atoms with Crippen LogP contribution >= 0.6 is 0 Å². The third-order valence-electron chi connectivity index (χ3n) is 3.65. The third-order valence-corrected chi connectivity index (χ3v) is 3.65. The Morgan fingerprint density at radius 3 is 2.68 bits per heavy atom. The van der Waals surface area contributed by atoms with Crippen LogP contribution in [-0.2, 0) is 11.0 Å². The van der Waals surface area contributed by atoms with Gasteiger partial charge in [0.25, 0.3) is 0 Å². The normalized spacial score (nSPS) is 18.9. The van der Waals surface area contributed by atoms with E-state index in [9.17, 15) is 23.1 Å². The van der Waals surface area contributed by atoms with E-state index >= 15 is 0 Å². The third kappa shape index (κ3) is 2.44. The molecule has 1 aliphatic heterocycles. The van der Waals surface area contributed by atoms with E-state index in [1.165, 1.54) is 11.0 Å². The fourth-order valence-corrected chi connectivity index (χ4v) is 2.68. The molecule has 0 amide bonds. The maximum absolute atomic E-state index is 13.0. The predicted octanol–water partition coefficient (Wildman–Crippen LogP) is 2.70. The molecular weight excluding hydrogens is 299 g/mol. The molecule has 0 spiro atoms. The first-order valence-corrected chi connectivity index (χ1v) is 6.71. The molecule has 22 heavy (non-hydrogen) atoms. The highest BCUT2D eigenvalue weighted by Gasteiger charge is 2.38. The number of nitrogens with zero attached hydrogens (tertiary/aromatic N) is 3. The lowest BCUT2D eigenvalue weighted by Crippen LogP contribution is -2.37. The molecule has 8 heteroatoms. The van der Waals surface area contributed by atoms with Gasteiger partial charge in [0.15, 0.2) is 0 Å². The number of hydrogen-bond donors (Lipinski definition) is 1. The maximum Gasteiger partial charge on any atom is 0.451 e. The molecule has 1 saturated heterocycles. The quantitative estimate of drug-likeness (QED) is 0.923. The minimum Gasteiger partial charge on any atom is -0.480 e. The average molecular weight is 311 g/mol. The molecule has 1 fully saturated rings. The summed E-state index contributed by atoms with van der Waals surface area (Å²) in [5, 5.41) is 9.66. The zero-order valence-electron chi connectivity index (χ0n) is 11.3. The summed E-state index contributed by atoms with van der Waals surface area (Å²) in [5.41, 5.74) is 0.149. The van der Waals surface area contributed by atoms with Gasteiger partial charge in [-0.1, -0.05) is 12.1 Å². The number of alkyl halides is 3. The number of rotatable bonds is 2. The van der Waals surface area contributed by atoms with E-state index in [1.54, 1.807) is 18.2 Å². The lowest BCUT2D eigenvalue weighted by Gasteiger charge is -2.24. The van der Waals surface area contributed by atoms with Crippen molar-refractivity contribution < 1.29 is 23.1 Å². The number of hydrogen-bond acceptors (Lipinski definition) is 4. The second kappa shape index (κ2) is 5.11. The van der Waals surface area contributed by atoms with Crippen molar-refractivity contribution in [1.82, 2.24) is 9.97 Å². The number of aliphatic carboxylic acids is 1. The number of carboxylic acid groups (broad SMARTS) is 1. The van der Waals surface area contributed by atoms with Gasteiger partial charge in [-0.25, -0.2) is 14.8 Å². The highest BCUT2D eigenvalue weighted by Crippen LogP contribution is 2.34. The van der Waals surface area contributed by atoms with Crippen molar-refractivity contribution in [3.05, 3.63) is 30.1 Å². The molecule has 0 saturated carbocycles. The summed E-state index contributed by atoms with van der Waals surface area (Å²) in [7, 11) is 0. The van der Waals surface area contributed by atoms with Crippen molar-refractivity contribution in [1.29, 1.82) is 0 Å². The van der Waals surface area contributed by atoms with Gasteiger partial charge in [0.1, 0.15) is 11.9 Å². The molecular formula is C14H12F3N3O2. The molecule has 2 aromatic rings. The first kappa shape index (κ1) is 14.6. The van der Waals surface area contributed by atoms with Gasteiger partial charge in [-0.2, -0.15) is 13.2 Å². The second-order valence-corrected chi connectivity index (χ2v) is 5.08. The molecule has 1 aromatic carbocycles. The van der Waals surface area contributed by atoms with Crippen LogP contribution in [0.2, 0.25) is 0 Å². The molecule has 3 rings (SSSR count). The van der Waals surface area contributed by atoms with Crippen LogP contribution in [0.4, 0.5) is 19.0 Å². The minimum absolute atomic E-state index is 0.0304. The SMILES string of the molecule is O=C(O)[C@@H]1CCCN1c1nc(C(F)(F)F)nc2ccccc12. The summed E-state index contributed by atoms with van der Waals surface area (Å²) in [6.07, 6.45) is -3.71. The maximum atomic E-state index is 13.0. The first-order chi connectivity index (χ1) is 10.4. The van der Waals surface area contributed by atoms with Gasteiger partial charge in [-0.15, -0.1) is 0 Å². The smallest absolute Gasteiger partial charge is 0.451 e.